The Morgan fingerprint density at radius 1 is 1.10 bits per heavy atom. The smallest absolute Gasteiger partial charge is 0.142 e. The van der Waals surface area contributed by atoms with Gasteiger partial charge in [-0.1, -0.05) is 0 Å². The minimum Gasteiger partial charge on any atom is -0.494 e. The van der Waals surface area contributed by atoms with Crippen LogP contribution in [0.1, 0.15) is 18.7 Å². The summed E-state index contributed by atoms with van der Waals surface area (Å²) >= 11 is 8.72. The third-order valence-electron chi connectivity index (χ3n) is 2.71. The molecule has 2 rings (SSSR count). The minimum absolute atomic E-state index is 0.638. The van der Waals surface area contributed by atoms with Crippen molar-refractivity contribution < 1.29 is 9.47 Å². The maximum Gasteiger partial charge on any atom is 0.142 e. The lowest BCUT2D eigenvalue weighted by Gasteiger charge is -2.13. The zero-order chi connectivity index (χ0) is 15.2. The van der Waals surface area contributed by atoms with Crippen molar-refractivity contribution in [1.29, 1.82) is 0 Å². The first-order valence-corrected chi connectivity index (χ1v) is 9.11. The molecule has 0 atom stereocenters. The highest BCUT2D eigenvalue weighted by atomic mass is 79.9. The molecule has 1 aromatic carbocycles. The maximum absolute atomic E-state index is 5.65. The number of nitrogens with one attached hydrogen (secondary N) is 1. The van der Waals surface area contributed by atoms with Gasteiger partial charge in [0, 0.05) is 22.0 Å². The van der Waals surface area contributed by atoms with E-state index in [4.69, 9.17) is 9.47 Å². The number of rotatable bonds is 7. The second kappa shape index (κ2) is 8.06. The number of thiophene rings is 1. The van der Waals surface area contributed by atoms with Gasteiger partial charge in [0.1, 0.15) is 11.5 Å². The van der Waals surface area contributed by atoms with Crippen molar-refractivity contribution >= 4 is 48.9 Å². The zero-order valence-electron chi connectivity index (χ0n) is 11.9. The molecule has 0 bridgehead atoms. The number of halogens is 2. The molecule has 21 heavy (non-hydrogen) atoms. The quantitative estimate of drug-likeness (QED) is 0.607. The lowest BCUT2D eigenvalue weighted by Crippen LogP contribution is -2.02. The van der Waals surface area contributed by atoms with Crippen LogP contribution in [0.15, 0.2) is 32.5 Å². The monoisotopic (exact) mass is 433 g/mol. The van der Waals surface area contributed by atoms with Crippen molar-refractivity contribution in [3.05, 3.63) is 37.4 Å². The van der Waals surface area contributed by atoms with Crippen molar-refractivity contribution in [3.63, 3.8) is 0 Å². The maximum atomic E-state index is 5.65. The summed E-state index contributed by atoms with van der Waals surface area (Å²) < 4.78 is 13.4. The van der Waals surface area contributed by atoms with E-state index in [0.29, 0.717) is 13.2 Å². The lowest BCUT2D eigenvalue weighted by atomic mass is 10.2. The molecule has 0 aliphatic heterocycles. The molecule has 1 heterocycles. The average molecular weight is 435 g/mol. The third kappa shape index (κ3) is 4.63. The normalized spacial score (nSPS) is 10.5. The van der Waals surface area contributed by atoms with E-state index in [-0.39, 0.29) is 0 Å². The Labute approximate surface area is 145 Å². The summed E-state index contributed by atoms with van der Waals surface area (Å²) in [5, 5.41) is 3.42. The molecule has 0 aliphatic carbocycles. The van der Waals surface area contributed by atoms with Gasteiger partial charge in [-0.25, -0.2) is 0 Å². The summed E-state index contributed by atoms with van der Waals surface area (Å²) in [7, 11) is 0. The van der Waals surface area contributed by atoms with E-state index in [1.807, 2.05) is 32.0 Å². The van der Waals surface area contributed by atoms with Gasteiger partial charge in [-0.2, -0.15) is 0 Å². The van der Waals surface area contributed by atoms with Crippen molar-refractivity contribution in [1.82, 2.24) is 0 Å². The van der Waals surface area contributed by atoms with Crippen molar-refractivity contribution in [2.24, 2.45) is 0 Å². The predicted molar refractivity (Wildman–Crippen MR) is 95.8 cm³/mol. The highest BCUT2D eigenvalue weighted by molar-refractivity contribution is 9.13. The molecule has 0 fully saturated rings. The van der Waals surface area contributed by atoms with Crippen LogP contribution in [0.25, 0.3) is 0 Å². The first-order chi connectivity index (χ1) is 10.1. The van der Waals surface area contributed by atoms with Crippen LogP contribution in [0, 0.1) is 0 Å². The Hall–Kier alpha value is -0.720. The van der Waals surface area contributed by atoms with E-state index in [1.54, 1.807) is 11.3 Å². The molecule has 0 aliphatic rings. The summed E-state index contributed by atoms with van der Waals surface area (Å²) in [6.07, 6.45) is 0. The lowest BCUT2D eigenvalue weighted by molar-refractivity contribution is 0.332. The van der Waals surface area contributed by atoms with E-state index < -0.39 is 0 Å². The van der Waals surface area contributed by atoms with E-state index >= 15 is 0 Å². The number of hydrogen-bond acceptors (Lipinski definition) is 4. The van der Waals surface area contributed by atoms with Crippen LogP contribution in [-0.2, 0) is 6.54 Å². The SMILES string of the molecule is CCOc1ccc(OCC)c(NCc2cc(Br)c(Br)s2)c1. The third-order valence-corrected chi connectivity index (χ3v) is 5.97. The zero-order valence-corrected chi connectivity index (χ0v) is 15.9. The van der Waals surface area contributed by atoms with Gasteiger partial charge in [-0.05, 0) is 63.9 Å². The molecular weight excluding hydrogens is 418 g/mol. The molecule has 1 aromatic heterocycles. The molecule has 0 amide bonds. The molecule has 3 nitrogen and oxygen atoms in total. The highest BCUT2D eigenvalue weighted by Gasteiger charge is 2.08. The Balaban J connectivity index is 2.13. The fourth-order valence-electron chi connectivity index (χ4n) is 1.85. The molecule has 0 unspecified atom stereocenters. The number of benzene rings is 1. The predicted octanol–water partition coefficient (Wildman–Crippen LogP) is 5.68. The van der Waals surface area contributed by atoms with Gasteiger partial charge in [0.15, 0.2) is 0 Å². The first kappa shape index (κ1) is 16.6. The van der Waals surface area contributed by atoms with Crippen LogP contribution < -0.4 is 14.8 Å². The van der Waals surface area contributed by atoms with E-state index in [1.165, 1.54) is 4.88 Å². The van der Waals surface area contributed by atoms with Crippen LogP contribution in [0.5, 0.6) is 11.5 Å². The Bertz CT molecular complexity index is 582. The molecule has 0 saturated heterocycles. The van der Waals surface area contributed by atoms with Gasteiger partial charge >= 0.3 is 0 Å². The molecule has 0 radical (unpaired) electrons. The van der Waals surface area contributed by atoms with E-state index in [2.05, 4.69) is 43.2 Å². The molecule has 114 valence electrons. The topological polar surface area (TPSA) is 30.5 Å². The van der Waals surface area contributed by atoms with Crippen LogP contribution >= 0.6 is 43.2 Å². The van der Waals surface area contributed by atoms with Gasteiger partial charge < -0.3 is 14.8 Å². The molecular formula is C15H17Br2NO2S. The van der Waals surface area contributed by atoms with Gasteiger partial charge in [0.05, 0.1) is 22.7 Å². The van der Waals surface area contributed by atoms with Crippen molar-refractivity contribution in [2.45, 2.75) is 20.4 Å². The molecule has 1 N–H and O–H groups in total. The highest BCUT2D eigenvalue weighted by Crippen LogP contribution is 2.34. The molecule has 0 saturated carbocycles. The van der Waals surface area contributed by atoms with Gasteiger partial charge in [-0.3, -0.25) is 0 Å². The van der Waals surface area contributed by atoms with Crippen LogP contribution in [0.2, 0.25) is 0 Å². The Morgan fingerprint density at radius 3 is 2.48 bits per heavy atom. The fourth-order valence-corrected chi connectivity index (χ4v) is 3.96. The summed E-state index contributed by atoms with van der Waals surface area (Å²) in [6, 6.07) is 7.95. The second-order valence-corrected chi connectivity index (χ2v) is 7.52. The van der Waals surface area contributed by atoms with Crippen molar-refractivity contribution in [2.75, 3.05) is 18.5 Å². The van der Waals surface area contributed by atoms with Crippen LogP contribution in [0.4, 0.5) is 5.69 Å². The fraction of sp³-hybridized carbons (Fsp3) is 0.333. The second-order valence-electron chi connectivity index (χ2n) is 4.21. The van der Waals surface area contributed by atoms with Crippen molar-refractivity contribution in [3.8, 4) is 11.5 Å². The average Bonchev–Trinajstić information content (AvgIpc) is 2.78. The Morgan fingerprint density at radius 2 is 1.86 bits per heavy atom. The van der Waals surface area contributed by atoms with Crippen LogP contribution in [0.3, 0.4) is 0 Å². The number of anilines is 1. The first-order valence-electron chi connectivity index (χ1n) is 6.71. The standard InChI is InChI=1S/C15H17Br2NO2S/c1-3-19-10-5-6-14(20-4-2)13(7-10)18-9-11-8-12(16)15(17)21-11/h5-8,18H,3-4,9H2,1-2H3. The summed E-state index contributed by atoms with van der Waals surface area (Å²) in [4.78, 5) is 1.23. The van der Waals surface area contributed by atoms with Crippen LogP contribution in [-0.4, -0.2) is 13.2 Å². The Kier molecular flexibility index (Phi) is 6.39. The summed E-state index contributed by atoms with van der Waals surface area (Å²) in [5.41, 5.74) is 0.948. The van der Waals surface area contributed by atoms with E-state index in [0.717, 1.165) is 32.0 Å². The van der Waals surface area contributed by atoms with Gasteiger partial charge in [0.25, 0.3) is 0 Å². The number of ether oxygens (including phenoxy) is 2. The minimum atomic E-state index is 0.638. The summed E-state index contributed by atoms with van der Waals surface area (Å²) in [6.45, 7) is 5.99. The van der Waals surface area contributed by atoms with Gasteiger partial charge in [0.2, 0.25) is 0 Å². The summed E-state index contributed by atoms with van der Waals surface area (Å²) in [5.74, 6) is 1.69. The molecule has 6 heteroatoms. The largest absolute Gasteiger partial charge is 0.494 e. The van der Waals surface area contributed by atoms with Gasteiger partial charge in [-0.15, -0.1) is 11.3 Å². The molecule has 2 aromatic rings. The molecule has 0 spiro atoms. The number of hydrogen-bond donors (Lipinski definition) is 1. The van der Waals surface area contributed by atoms with E-state index in [9.17, 15) is 0 Å².